The quantitative estimate of drug-likeness (QED) is 0.788. The molecule has 0 radical (unpaired) electrons. The van der Waals surface area contributed by atoms with Crippen LogP contribution in [-0.4, -0.2) is 5.91 Å². The molecule has 0 saturated carbocycles. The third kappa shape index (κ3) is 3.15. The maximum atomic E-state index is 13.1. The molecule has 1 amide bonds. The Morgan fingerprint density at radius 3 is 2.20 bits per heavy atom. The summed E-state index contributed by atoms with van der Waals surface area (Å²) in [6.45, 7) is 0. The number of amides is 1. The molecule has 0 bridgehead atoms. The lowest BCUT2D eigenvalue weighted by Gasteiger charge is -2.10. The van der Waals surface area contributed by atoms with E-state index in [1.54, 1.807) is 0 Å². The average Bonchev–Trinajstić information content (AvgIpc) is 2.33. The van der Waals surface area contributed by atoms with Crippen molar-refractivity contribution >= 4 is 52.1 Å². The van der Waals surface area contributed by atoms with Crippen molar-refractivity contribution in [1.82, 2.24) is 0 Å². The molecule has 3 nitrogen and oxygen atoms in total. The molecule has 0 unspecified atom stereocenters. The van der Waals surface area contributed by atoms with E-state index < -0.39 is 11.7 Å². The van der Waals surface area contributed by atoms with Gasteiger partial charge in [0.2, 0.25) is 0 Å². The van der Waals surface area contributed by atoms with Crippen molar-refractivity contribution < 1.29 is 9.18 Å². The highest BCUT2D eigenvalue weighted by molar-refractivity contribution is 6.40. The van der Waals surface area contributed by atoms with Crippen LogP contribution >= 0.6 is 34.8 Å². The third-order valence-corrected chi connectivity index (χ3v) is 3.39. The van der Waals surface area contributed by atoms with Crippen LogP contribution < -0.4 is 11.1 Å². The number of carbonyl (C=O) groups is 1. The summed E-state index contributed by atoms with van der Waals surface area (Å²) in [6.07, 6.45) is 0. The topological polar surface area (TPSA) is 55.1 Å². The second kappa shape index (κ2) is 5.87. The number of halogens is 4. The smallest absolute Gasteiger partial charge is 0.257 e. The Balaban J connectivity index is 2.33. The zero-order chi connectivity index (χ0) is 14.9. The summed E-state index contributed by atoms with van der Waals surface area (Å²) in [4.78, 5) is 12.1. The molecule has 0 aliphatic heterocycles. The van der Waals surface area contributed by atoms with Gasteiger partial charge in [-0.2, -0.15) is 0 Å². The van der Waals surface area contributed by atoms with Gasteiger partial charge in [0.15, 0.2) is 0 Å². The minimum Gasteiger partial charge on any atom is -0.399 e. The van der Waals surface area contributed by atoms with Gasteiger partial charge in [-0.25, -0.2) is 4.39 Å². The van der Waals surface area contributed by atoms with Crippen molar-refractivity contribution in [2.24, 2.45) is 0 Å². The molecule has 20 heavy (non-hydrogen) atoms. The molecule has 3 N–H and O–H groups in total. The molecule has 0 spiro atoms. The summed E-state index contributed by atoms with van der Waals surface area (Å²) in [7, 11) is 0. The van der Waals surface area contributed by atoms with Crippen molar-refractivity contribution in [3.8, 4) is 0 Å². The van der Waals surface area contributed by atoms with E-state index in [-0.39, 0.29) is 26.3 Å². The molecule has 0 aliphatic carbocycles. The third-order valence-electron chi connectivity index (χ3n) is 2.48. The molecule has 0 fully saturated rings. The summed E-state index contributed by atoms with van der Waals surface area (Å²) < 4.78 is 13.1. The first-order chi connectivity index (χ1) is 9.38. The normalized spacial score (nSPS) is 10.4. The van der Waals surface area contributed by atoms with Gasteiger partial charge in [0.25, 0.3) is 5.91 Å². The molecule has 2 rings (SSSR count). The number of hydrogen-bond acceptors (Lipinski definition) is 2. The van der Waals surface area contributed by atoms with E-state index in [1.165, 1.54) is 18.2 Å². The SMILES string of the molecule is Nc1ccc(C(=O)Nc2c(Cl)cc(F)cc2Cl)c(Cl)c1. The molecule has 2 aromatic carbocycles. The van der Waals surface area contributed by atoms with Crippen LogP contribution in [0.25, 0.3) is 0 Å². The lowest BCUT2D eigenvalue weighted by Crippen LogP contribution is -2.13. The molecular weight excluding hydrogens is 326 g/mol. The highest BCUT2D eigenvalue weighted by atomic mass is 35.5. The van der Waals surface area contributed by atoms with Gasteiger partial charge in [-0.15, -0.1) is 0 Å². The first kappa shape index (κ1) is 14.9. The summed E-state index contributed by atoms with van der Waals surface area (Å²) in [5, 5.41) is 2.67. The number of anilines is 2. The highest BCUT2D eigenvalue weighted by Gasteiger charge is 2.15. The maximum Gasteiger partial charge on any atom is 0.257 e. The fourth-order valence-electron chi connectivity index (χ4n) is 1.56. The summed E-state index contributed by atoms with van der Waals surface area (Å²) in [6, 6.07) is 6.55. The minimum absolute atomic E-state index is 0.00471. The van der Waals surface area contributed by atoms with Gasteiger partial charge < -0.3 is 11.1 Å². The molecule has 104 valence electrons. The van der Waals surface area contributed by atoms with Crippen LogP contribution in [0, 0.1) is 5.82 Å². The van der Waals surface area contributed by atoms with Crippen LogP contribution in [0.1, 0.15) is 10.4 Å². The molecule has 0 aliphatic rings. The summed E-state index contributed by atoms with van der Waals surface area (Å²) >= 11 is 17.6. The molecule has 0 atom stereocenters. The minimum atomic E-state index is -0.594. The zero-order valence-corrected chi connectivity index (χ0v) is 12.2. The fraction of sp³-hybridized carbons (Fsp3) is 0. The number of hydrogen-bond donors (Lipinski definition) is 2. The molecule has 0 saturated heterocycles. The molecule has 0 heterocycles. The maximum absolute atomic E-state index is 13.1. The number of nitrogen functional groups attached to an aromatic ring is 1. The molecule has 2 aromatic rings. The van der Waals surface area contributed by atoms with Crippen molar-refractivity contribution in [2.75, 3.05) is 11.1 Å². The fourth-order valence-corrected chi connectivity index (χ4v) is 2.39. The van der Waals surface area contributed by atoms with Crippen LogP contribution in [0.5, 0.6) is 0 Å². The van der Waals surface area contributed by atoms with E-state index in [1.807, 2.05) is 0 Å². The monoisotopic (exact) mass is 332 g/mol. The Morgan fingerprint density at radius 2 is 1.65 bits per heavy atom. The van der Waals surface area contributed by atoms with Crippen LogP contribution in [0.3, 0.4) is 0 Å². The van der Waals surface area contributed by atoms with Crippen molar-refractivity contribution in [2.45, 2.75) is 0 Å². The van der Waals surface area contributed by atoms with Gasteiger partial charge in [-0.1, -0.05) is 34.8 Å². The van der Waals surface area contributed by atoms with Crippen LogP contribution in [0.15, 0.2) is 30.3 Å². The van der Waals surface area contributed by atoms with E-state index in [4.69, 9.17) is 40.5 Å². The Morgan fingerprint density at radius 1 is 1.05 bits per heavy atom. The first-order valence-corrected chi connectivity index (χ1v) is 6.53. The van der Waals surface area contributed by atoms with E-state index in [9.17, 15) is 9.18 Å². The Hall–Kier alpha value is -1.49. The molecular formula is C13H8Cl3FN2O. The Bertz CT molecular complexity index is 668. The number of nitrogens with one attached hydrogen (secondary N) is 1. The highest BCUT2D eigenvalue weighted by Crippen LogP contribution is 2.32. The lowest BCUT2D eigenvalue weighted by atomic mass is 10.2. The standard InChI is InChI=1S/C13H8Cl3FN2O/c14-9-5-7(18)1-2-8(9)13(20)19-12-10(15)3-6(17)4-11(12)16/h1-5H,18H2,(H,19,20). The van der Waals surface area contributed by atoms with E-state index in [0.717, 1.165) is 12.1 Å². The number of carbonyl (C=O) groups excluding carboxylic acids is 1. The summed E-state index contributed by atoms with van der Waals surface area (Å²) in [5.41, 5.74) is 6.30. The van der Waals surface area contributed by atoms with Crippen LogP contribution in [0.2, 0.25) is 15.1 Å². The van der Waals surface area contributed by atoms with Crippen LogP contribution in [0.4, 0.5) is 15.8 Å². The zero-order valence-electron chi connectivity index (χ0n) is 9.88. The molecule has 0 aromatic heterocycles. The number of benzene rings is 2. The van der Waals surface area contributed by atoms with Crippen molar-refractivity contribution in [1.29, 1.82) is 0 Å². The van der Waals surface area contributed by atoms with E-state index >= 15 is 0 Å². The van der Waals surface area contributed by atoms with Gasteiger partial charge in [0, 0.05) is 5.69 Å². The van der Waals surface area contributed by atoms with Gasteiger partial charge in [-0.05, 0) is 30.3 Å². The van der Waals surface area contributed by atoms with Gasteiger partial charge in [0.1, 0.15) is 5.82 Å². The predicted molar refractivity (Wildman–Crippen MR) is 80.2 cm³/mol. The van der Waals surface area contributed by atoms with Crippen molar-refractivity contribution in [3.05, 3.63) is 56.8 Å². The predicted octanol–water partition coefficient (Wildman–Crippen LogP) is 4.62. The van der Waals surface area contributed by atoms with Gasteiger partial charge in [0.05, 0.1) is 26.3 Å². The van der Waals surface area contributed by atoms with Gasteiger partial charge in [-0.3, -0.25) is 4.79 Å². The Labute approximate surface area is 129 Å². The van der Waals surface area contributed by atoms with Crippen LogP contribution in [-0.2, 0) is 0 Å². The number of nitrogens with two attached hydrogens (primary N) is 1. The Kier molecular flexibility index (Phi) is 4.38. The number of rotatable bonds is 2. The second-order valence-electron chi connectivity index (χ2n) is 3.94. The van der Waals surface area contributed by atoms with Crippen molar-refractivity contribution in [3.63, 3.8) is 0 Å². The lowest BCUT2D eigenvalue weighted by molar-refractivity contribution is 0.102. The van der Waals surface area contributed by atoms with Gasteiger partial charge >= 0.3 is 0 Å². The van der Waals surface area contributed by atoms with E-state index in [0.29, 0.717) is 5.69 Å². The average molecular weight is 334 g/mol. The first-order valence-electron chi connectivity index (χ1n) is 5.39. The molecule has 7 heteroatoms. The largest absolute Gasteiger partial charge is 0.399 e. The summed E-state index contributed by atoms with van der Waals surface area (Å²) in [5.74, 6) is -1.12. The second-order valence-corrected chi connectivity index (χ2v) is 5.16. The van der Waals surface area contributed by atoms with E-state index in [2.05, 4.69) is 5.32 Å².